The minimum absolute atomic E-state index is 0.123. The molecule has 0 bridgehead atoms. The van der Waals surface area contributed by atoms with Gasteiger partial charge in [-0.25, -0.2) is 0 Å². The number of aromatic amines is 1. The van der Waals surface area contributed by atoms with Crippen molar-refractivity contribution in [3.8, 4) is 0 Å². The summed E-state index contributed by atoms with van der Waals surface area (Å²) < 4.78 is 1.91. The van der Waals surface area contributed by atoms with Crippen molar-refractivity contribution in [3.63, 3.8) is 0 Å². The fourth-order valence-electron chi connectivity index (χ4n) is 2.68. The molecular weight excluding hydrogens is 202 g/mol. The van der Waals surface area contributed by atoms with Gasteiger partial charge in [-0.15, -0.1) is 0 Å². The topological polar surface area (TPSA) is 41.0 Å². The lowest BCUT2D eigenvalue weighted by Crippen LogP contribution is -2.23. The third-order valence-electron chi connectivity index (χ3n) is 3.30. The van der Waals surface area contributed by atoms with Crippen molar-refractivity contribution >= 4 is 16.6 Å². The summed E-state index contributed by atoms with van der Waals surface area (Å²) in [6.07, 6.45) is 3.92. The molecular formula is C12H15N3O. The van der Waals surface area contributed by atoms with Crippen molar-refractivity contribution in [2.24, 2.45) is 0 Å². The van der Waals surface area contributed by atoms with Crippen molar-refractivity contribution in [3.05, 3.63) is 28.3 Å². The number of rotatable bonds is 1. The molecule has 0 amide bonds. The number of nitrogens with zero attached hydrogens (tertiary/aromatic N) is 2. The minimum atomic E-state index is 0.123. The summed E-state index contributed by atoms with van der Waals surface area (Å²) in [4.78, 5) is 17.3. The number of pyridine rings is 1. The second kappa shape index (κ2) is 3.14. The smallest absolute Gasteiger partial charge is 0.275 e. The monoisotopic (exact) mass is 217 g/mol. The van der Waals surface area contributed by atoms with Crippen LogP contribution in [0.15, 0.2) is 17.1 Å². The van der Waals surface area contributed by atoms with Crippen LogP contribution in [-0.4, -0.2) is 23.6 Å². The molecule has 2 aromatic heterocycles. The normalized spacial score (nSPS) is 14.4. The summed E-state index contributed by atoms with van der Waals surface area (Å²) in [6.45, 7) is 0.851. The van der Waals surface area contributed by atoms with Gasteiger partial charge in [0.15, 0.2) is 0 Å². The van der Waals surface area contributed by atoms with Crippen molar-refractivity contribution in [2.75, 3.05) is 19.0 Å². The lowest BCUT2D eigenvalue weighted by atomic mass is 10.1. The molecule has 0 spiro atoms. The highest BCUT2D eigenvalue weighted by atomic mass is 16.1. The highest BCUT2D eigenvalue weighted by molar-refractivity contribution is 5.93. The van der Waals surface area contributed by atoms with Crippen LogP contribution >= 0.6 is 0 Å². The fraction of sp³-hybridized carbons (Fsp3) is 0.417. The summed E-state index contributed by atoms with van der Waals surface area (Å²) >= 11 is 0. The summed E-state index contributed by atoms with van der Waals surface area (Å²) in [5.41, 5.74) is 3.22. The molecule has 0 aromatic carbocycles. The van der Waals surface area contributed by atoms with E-state index in [0.717, 1.165) is 30.3 Å². The molecule has 0 unspecified atom stereocenters. The highest BCUT2D eigenvalue weighted by Crippen LogP contribution is 2.30. The van der Waals surface area contributed by atoms with Crippen LogP contribution in [0.4, 0.5) is 5.69 Å². The molecule has 1 aliphatic rings. The zero-order valence-electron chi connectivity index (χ0n) is 9.58. The van der Waals surface area contributed by atoms with Gasteiger partial charge >= 0.3 is 0 Å². The van der Waals surface area contributed by atoms with E-state index in [1.54, 1.807) is 0 Å². The zero-order valence-corrected chi connectivity index (χ0v) is 9.58. The zero-order chi connectivity index (χ0) is 11.3. The lowest BCUT2D eigenvalue weighted by molar-refractivity contribution is 0.725. The van der Waals surface area contributed by atoms with E-state index in [4.69, 9.17) is 0 Å². The Bertz CT molecular complexity index is 606. The van der Waals surface area contributed by atoms with Gasteiger partial charge in [-0.05, 0) is 18.9 Å². The van der Waals surface area contributed by atoms with Crippen molar-refractivity contribution in [1.82, 2.24) is 9.55 Å². The number of nitrogens with one attached hydrogen (secondary N) is 1. The van der Waals surface area contributed by atoms with E-state index in [0.29, 0.717) is 0 Å². The number of aromatic nitrogens is 2. The van der Waals surface area contributed by atoms with E-state index >= 15 is 0 Å². The van der Waals surface area contributed by atoms with E-state index < -0.39 is 0 Å². The average molecular weight is 217 g/mol. The first-order valence-electron chi connectivity index (χ1n) is 5.60. The maximum Gasteiger partial charge on any atom is 0.275 e. The molecule has 0 saturated carbocycles. The second-order valence-corrected chi connectivity index (χ2v) is 4.52. The van der Waals surface area contributed by atoms with E-state index in [9.17, 15) is 4.79 Å². The van der Waals surface area contributed by atoms with Gasteiger partial charge in [0.25, 0.3) is 5.56 Å². The third-order valence-corrected chi connectivity index (χ3v) is 3.30. The molecule has 0 aliphatic carbocycles. The molecule has 4 heteroatoms. The number of hydrogen-bond acceptors (Lipinski definition) is 2. The molecule has 84 valence electrons. The van der Waals surface area contributed by atoms with E-state index in [1.807, 2.05) is 30.9 Å². The predicted molar refractivity (Wildman–Crippen MR) is 65.2 cm³/mol. The summed E-state index contributed by atoms with van der Waals surface area (Å²) in [6, 6.07) is 1.99. The first kappa shape index (κ1) is 9.51. The molecule has 1 aliphatic heterocycles. The van der Waals surface area contributed by atoms with Crippen LogP contribution in [0.3, 0.4) is 0 Å². The molecule has 3 heterocycles. The SMILES string of the molecule is CN(C)c1c2n(c(=O)c3[nH]ccc13)CCC2. The lowest BCUT2D eigenvalue weighted by Gasteiger charge is -2.18. The minimum Gasteiger partial charge on any atom is -0.376 e. The second-order valence-electron chi connectivity index (χ2n) is 4.52. The molecule has 3 rings (SSSR count). The van der Waals surface area contributed by atoms with Crippen molar-refractivity contribution in [1.29, 1.82) is 0 Å². The van der Waals surface area contributed by atoms with E-state index in [1.165, 1.54) is 11.4 Å². The van der Waals surface area contributed by atoms with E-state index in [2.05, 4.69) is 9.88 Å². The Balaban J connectivity index is 2.51. The van der Waals surface area contributed by atoms with Crippen LogP contribution in [-0.2, 0) is 13.0 Å². The Labute approximate surface area is 93.5 Å². The van der Waals surface area contributed by atoms with Gasteiger partial charge in [0.05, 0.1) is 5.69 Å². The Morgan fingerprint density at radius 1 is 1.44 bits per heavy atom. The van der Waals surface area contributed by atoms with Crippen LogP contribution in [0.5, 0.6) is 0 Å². The summed E-state index contributed by atoms with van der Waals surface area (Å²) in [5, 5.41) is 1.04. The Hall–Kier alpha value is -1.71. The van der Waals surface area contributed by atoms with Crippen LogP contribution in [0.2, 0.25) is 0 Å². The van der Waals surface area contributed by atoms with Gasteiger partial charge in [-0.2, -0.15) is 0 Å². The summed E-state index contributed by atoms with van der Waals surface area (Å²) in [5.74, 6) is 0. The number of fused-ring (bicyclic) bond motifs is 2. The van der Waals surface area contributed by atoms with Crippen molar-refractivity contribution < 1.29 is 0 Å². The third kappa shape index (κ3) is 1.07. The molecule has 0 atom stereocenters. The molecule has 0 saturated heterocycles. The fourth-order valence-corrected chi connectivity index (χ4v) is 2.68. The number of H-pyrrole nitrogens is 1. The average Bonchev–Trinajstić information content (AvgIpc) is 2.84. The van der Waals surface area contributed by atoms with Crippen LogP contribution in [0.1, 0.15) is 12.1 Å². The van der Waals surface area contributed by atoms with Gasteiger partial charge < -0.3 is 14.5 Å². The molecule has 1 N–H and O–H groups in total. The van der Waals surface area contributed by atoms with Crippen LogP contribution in [0, 0.1) is 0 Å². The van der Waals surface area contributed by atoms with Crippen LogP contribution in [0.25, 0.3) is 10.9 Å². The molecule has 4 nitrogen and oxygen atoms in total. The largest absolute Gasteiger partial charge is 0.376 e. The number of hydrogen-bond donors (Lipinski definition) is 1. The first-order chi connectivity index (χ1) is 7.70. The molecule has 16 heavy (non-hydrogen) atoms. The maximum atomic E-state index is 12.2. The Kier molecular flexibility index (Phi) is 1.87. The van der Waals surface area contributed by atoms with Crippen molar-refractivity contribution in [2.45, 2.75) is 19.4 Å². The van der Waals surface area contributed by atoms with Gasteiger partial charge in [-0.3, -0.25) is 4.79 Å². The molecule has 0 fully saturated rings. The highest BCUT2D eigenvalue weighted by Gasteiger charge is 2.21. The maximum absolute atomic E-state index is 12.2. The molecule has 2 aromatic rings. The van der Waals surface area contributed by atoms with Gasteiger partial charge in [-0.1, -0.05) is 0 Å². The molecule has 0 radical (unpaired) electrons. The van der Waals surface area contributed by atoms with Gasteiger partial charge in [0.1, 0.15) is 5.52 Å². The van der Waals surface area contributed by atoms with E-state index in [-0.39, 0.29) is 5.56 Å². The predicted octanol–water partition coefficient (Wildman–Crippen LogP) is 1.34. The number of anilines is 1. The van der Waals surface area contributed by atoms with Gasteiger partial charge in [0.2, 0.25) is 0 Å². The standard InChI is InChI=1S/C12H15N3O/c1-14(2)11-8-5-6-13-10(8)12(16)15-7-3-4-9(11)15/h5-6,13H,3-4,7H2,1-2H3. The Morgan fingerprint density at radius 3 is 3.00 bits per heavy atom. The first-order valence-corrected chi connectivity index (χ1v) is 5.60. The summed E-state index contributed by atoms with van der Waals surface area (Å²) in [7, 11) is 4.07. The van der Waals surface area contributed by atoms with Gasteiger partial charge in [0, 0.05) is 37.9 Å². The Morgan fingerprint density at radius 2 is 2.25 bits per heavy atom. The van der Waals surface area contributed by atoms with Crippen LogP contribution < -0.4 is 10.5 Å². The quantitative estimate of drug-likeness (QED) is 0.783.